The number of pyridine rings is 1. The van der Waals surface area contributed by atoms with Gasteiger partial charge in [-0.25, -0.2) is 4.98 Å². The zero-order chi connectivity index (χ0) is 14.2. The largest absolute Gasteiger partial charge is 0.439 e. The molecule has 0 aromatic carbocycles. The first-order valence-corrected chi connectivity index (χ1v) is 7.60. The highest BCUT2D eigenvalue weighted by Crippen LogP contribution is 2.45. The van der Waals surface area contributed by atoms with E-state index in [1.165, 1.54) is 6.42 Å². The molecular weight excluding hydrogens is 264 g/mol. The Kier molecular flexibility index (Phi) is 3.02. The zero-order valence-corrected chi connectivity index (χ0v) is 11.9. The first-order valence-electron chi connectivity index (χ1n) is 7.60. The molecule has 1 amide bonds. The number of fused-ring (bicyclic) bond motifs is 1. The summed E-state index contributed by atoms with van der Waals surface area (Å²) in [6.45, 7) is 1.78. The number of hydrogen-bond donors (Lipinski definition) is 0. The van der Waals surface area contributed by atoms with Crippen LogP contribution in [0.2, 0.25) is 0 Å². The smallest absolute Gasteiger partial charge is 0.259 e. The van der Waals surface area contributed by atoms with Crippen molar-refractivity contribution in [1.29, 1.82) is 0 Å². The van der Waals surface area contributed by atoms with Crippen molar-refractivity contribution in [2.45, 2.75) is 19.3 Å². The zero-order valence-electron chi connectivity index (χ0n) is 11.9. The van der Waals surface area contributed by atoms with Gasteiger partial charge in [-0.05, 0) is 55.4 Å². The Balaban J connectivity index is 1.55. The molecule has 1 saturated carbocycles. The highest BCUT2D eigenvalue weighted by molar-refractivity contribution is 5.96. The molecule has 1 aromatic rings. The minimum atomic E-state index is 0.0469. The van der Waals surface area contributed by atoms with Gasteiger partial charge in [0.2, 0.25) is 5.88 Å². The lowest BCUT2D eigenvalue weighted by Gasteiger charge is -2.19. The average molecular weight is 282 g/mol. The predicted octanol–water partition coefficient (Wildman–Crippen LogP) is 2.79. The molecule has 4 nitrogen and oxygen atoms in total. The van der Waals surface area contributed by atoms with Crippen LogP contribution in [-0.4, -0.2) is 28.9 Å². The molecule has 21 heavy (non-hydrogen) atoms. The summed E-state index contributed by atoms with van der Waals surface area (Å²) < 4.78 is 5.82. The first kappa shape index (κ1) is 12.6. The SMILES string of the molecule is O=C(c1cccnc1OC1=CCCC=C1)N1CC2CC2C1. The van der Waals surface area contributed by atoms with Crippen LogP contribution in [0.15, 0.2) is 42.3 Å². The van der Waals surface area contributed by atoms with E-state index in [9.17, 15) is 4.79 Å². The van der Waals surface area contributed by atoms with Crippen molar-refractivity contribution < 1.29 is 9.53 Å². The molecule has 108 valence electrons. The maximum Gasteiger partial charge on any atom is 0.259 e. The number of amides is 1. The molecule has 0 spiro atoms. The lowest BCUT2D eigenvalue weighted by atomic mass is 10.2. The monoisotopic (exact) mass is 282 g/mol. The highest BCUT2D eigenvalue weighted by atomic mass is 16.5. The second-order valence-corrected chi connectivity index (χ2v) is 6.01. The minimum absolute atomic E-state index is 0.0469. The number of ether oxygens (including phenoxy) is 1. The summed E-state index contributed by atoms with van der Waals surface area (Å²) in [6.07, 6.45) is 11.0. The van der Waals surface area contributed by atoms with Crippen molar-refractivity contribution in [3.8, 4) is 5.88 Å². The van der Waals surface area contributed by atoms with Crippen molar-refractivity contribution in [2.24, 2.45) is 11.8 Å². The number of carbonyl (C=O) groups excluding carboxylic acids is 1. The molecule has 2 heterocycles. The van der Waals surface area contributed by atoms with Crippen molar-refractivity contribution in [3.05, 3.63) is 47.9 Å². The number of carbonyl (C=O) groups is 1. The fraction of sp³-hybridized carbons (Fsp3) is 0.412. The Hall–Kier alpha value is -2.10. The van der Waals surface area contributed by atoms with E-state index in [0.29, 0.717) is 11.4 Å². The van der Waals surface area contributed by atoms with Crippen molar-refractivity contribution in [1.82, 2.24) is 9.88 Å². The van der Waals surface area contributed by atoms with Crippen LogP contribution in [0.3, 0.4) is 0 Å². The molecule has 1 saturated heterocycles. The second kappa shape index (κ2) is 5.02. The molecule has 2 aliphatic carbocycles. The van der Waals surface area contributed by atoms with Crippen molar-refractivity contribution >= 4 is 5.91 Å². The molecular formula is C17H18N2O2. The van der Waals surface area contributed by atoms with Gasteiger partial charge in [-0.1, -0.05) is 6.08 Å². The van der Waals surface area contributed by atoms with E-state index in [1.807, 2.05) is 23.1 Å². The fourth-order valence-electron chi connectivity index (χ4n) is 3.15. The third-order valence-corrected chi connectivity index (χ3v) is 4.44. The quantitative estimate of drug-likeness (QED) is 0.856. The summed E-state index contributed by atoms with van der Waals surface area (Å²) in [5, 5.41) is 0. The summed E-state index contributed by atoms with van der Waals surface area (Å²) in [5.41, 5.74) is 0.568. The molecule has 4 heteroatoms. The van der Waals surface area contributed by atoms with Crippen LogP contribution in [0, 0.1) is 11.8 Å². The van der Waals surface area contributed by atoms with E-state index < -0.39 is 0 Å². The lowest BCUT2D eigenvalue weighted by molar-refractivity contribution is 0.0772. The van der Waals surface area contributed by atoms with E-state index in [2.05, 4.69) is 11.1 Å². The van der Waals surface area contributed by atoms with Gasteiger partial charge in [0.15, 0.2) is 0 Å². The van der Waals surface area contributed by atoms with E-state index in [1.54, 1.807) is 12.3 Å². The standard InChI is InChI=1S/C17H18N2O2/c20-17(19-10-12-9-13(12)11-19)15-7-4-8-18-16(15)21-14-5-2-1-3-6-14/h2,4-8,12-13H,1,3,9-11H2. The van der Waals surface area contributed by atoms with E-state index >= 15 is 0 Å². The average Bonchev–Trinajstić information content (AvgIpc) is 3.14. The Morgan fingerprint density at radius 2 is 2.14 bits per heavy atom. The third-order valence-electron chi connectivity index (χ3n) is 4.44. The van der Waals surface area contributed by atoms with Crippen LogP contribution >= 0.6 is 0 Å². The summed E-state index contributed by atoms with van der Waals surface area (Å²) >= 11 is 0. The Morgan fingerprint density at radius 3 is 2.90 bits per heavy atom. The number of allylic oxidation sites excluding steroid dienone is 3. The van der Waals surface area contributed by atoms with Gasteiger partial charge < -0.3 is 9.64 Å². The number of aromatic nitrogens is 1. The van der Waals surface area contributed by atoms with Gasteiger partial charge >= 0.3 is 0 Å². The molecule has 1 aliphatic heterocycles. The second-order valence-electron chi connectivity index (χ2n) is 6.01. The number of likely N-dealkylation sites (tertiary alicyclic amines) is 1. The first-order chi connectivity index (χ1) is 10.3. The van der Waals surface area contributed by atoms with Gasteiger partial charge in [0.05, 0.1) is 0 Å². The van der Waals surface area contributed by atoms with Gasteiger partial charge in [-0.3, -0.25) is 4.79 Å². The molecule has 2 unspecified atom stereocenters. The van der Waals surface area contributed by atoms with Crippen molar-refractivity contribution in [2.75, 3.05) is 13.1 Å². The van der Waals surface area contributed by atoms with Crippen molar-refractivity contribution in [3.63, 3.8) is 0 Å². The normalized spacial score (nSPS) is 26.3. The maximum atomic E-state index is 12.6. The van der Waals surface area contributed by atoms with E-state index in [-0.39, 0.29) is 5.91 Å². The van der Waals surface area contributed by atoms with Gasteiger partial charge in [-0.15, -0.1) is 0 Å². The van der Waals surface area contributed by atoms with Crippen LogP contribution < -0.4 is 4.74 Å². The third kappa shape index (κ3) is 2.46. The molecule has 0 radical (unpaired) electrons. The summed E-state index contributed by atoms with van der Waals surface area (Å²) in [5.74, 6) is 2.71. The molecule has 2 fully saturated rings. The van der Waals surface area contributed by atoms with Crippen LogP contribution in [0.4, 0.5) is 0 Å². The van der Waals surface area contributed by atoms with Crippen LogP contribution in [0.5, 0.6) is 5.88 Å². The molecule has 0 N–H and O–H groups in total. The highest BCUT2D eigenvalue weighted by Gasteiger charge is 2.47. The molecule has 0 bridgehead atoms. The molecule has 3 aliphatic rings. The predicted molar refractivity (Wildman–Crippen MR) is 78.8 cm³/mol. The molecule has 4 rings (SSSR count). The number of piperidine rings is 1. The van der Waals surface area contributed by atoms with E-state index in [0.717, 1.165) is 43.5 Å². The van der Waals surface area contributed by atoms with E-state index in [4.69, 9.17) is 4.74 Å². The van der Waals surface area contributed by atoms with Gasteiger partial charge in [0.1, 0.15) is 11.3 Å². The fourth-order valence-corrected chi connectivity index (χ4v) is 3.15. The van der Waals surface area contributed by atoms with Crippen LogP contribution in [0.25, 0.3) is 0 Å². The number of hydrogen-bond acceptors (Lipinski definition) is 3. The number of rotatable bonds is 3. The van der Waals surface area contributed by atoms with Gasteiger partial charge in [-0.2, -0.15) is 0 Å². The topological polar surface area (TPSA) is 42.4 Å². The number of nitrogens with zero attached hydrogens (tertiary/aromatic N) is 2. The Labute approximate surface area is 124 Å². The Bertz CT molecular complexity index is 625. The Morgan fingerprint density at radius 1 is 1.29 bits per heavy atom. The van der Waals surface area contributed by atoms with Crippen LogP contribution in [0.1, 0.15) is 29.6 Å². The minimum Gasteiger partial charge on any atom is -0.439 e. The maximum absolute atomic E-state index is 12.6. The lowest BCUT2D eigenvalue weighted by Crippen LogP contribution is -2.30. The summed E-state index contributed by atoms with van der Waals surface area (Å²) in [7, 11) is 0. The summed E-state index contributed by atoms with van der Waals surface area (Å²) in [6, 6.07) is 3.60. The summed E-state index contributed by atoms with van der Waals surface area (Å²) in [4.78, 5) is 18.8. The molecule has 2 atom stereocenters. The van der Waals surface area contributed by atoms with Crippen LogP contribution in [-0.2, 0) is 0 Å². The van der Waals surface area contributed by atoms with Gasteiger partial charge in [0.25, 0.3) is 5.91 Å². The van der Waals surface area contributed by atoms with Gasteiger partial charge in [0, 0.05) is 19.3 Å². The molecule has 1 aromatic heterocycles.